The van der Waals surface area contributed by atoms with Gasteiger partial charge in [0.1, 0.15) is 6.17 Å². The SMILES string of the molecule is CC(C)(C)OCCN1CC[C@H](F)C1. The molecule has 0 bridgehead atoms. The van der Waals surface area contributed by atoms with Crippen LogP contribution in [0.1, 0.15) is 27.2 Å². The standard InChI is InChI=1S/C10H20FNO/c1-10(2,3)13-7-6-12-5-4-9(11)8-12/h9H,4-8H2,1-3H3/t9-/m0/s1. The average Bonchev–Trinajstić information content (AvgIpc) is 2.33. The first-order chi connectivity index (χ1) is 5.97. The second-order valence-corrected chi connectivity index (χ2v) is 4.65. The molecule has 0 aromatic rings. The van der Waals surface area contributed by atoms with Crippen molar-refractivity contribution in [3.63, 3.8) is 0 Å². The predicted molar refractivity (Wildman–Crippen MR) is 51.7 cm³/mol. The van der Waals surface area contributed by atoms with Gasteiger partial charge in [-0.3, -0.25) is 4.90 Å². The number of hydrogen-bond acceptors (Lipinski definition) is 2. The third-order valence-electron chi connectivity index (χ3n) is 2.16. The van der Waals surface area contributed by atoms with Crippen LogP contribution in [0.5, 0.6) is 0 Å². The number of halogens is 1. The van der Waals surface area contributed by atoms with Gasteiger partial charge in [-0.05, 0) is 27.2 Å². The topological polar surface area (TPSA) is 12.5 Å². The van der Waals surface area contributed by atoms with E-state index in [0.717, 1.165) is 13.1 Å². The summed E-state index contributed by atoms with van der Waals surface area (Å²) in [4.78, 5) is 2.12. The largest absolute Gasteiger partial charge is 0.375 e. The fraction of sp³-hybridized carbons (Fsp3) is 1.00. The molecule has 0 aromatic heterocycles. The second kappa shape index (κ2) is 4.38. The Morgan fingerprint density at radius 1 is 1.46 bits per heavy atom. The first kappa shape index (κ1) is 10.9. The molecule has 0 saturated carbocycles. The molecular weight excluding hydrogens is 169 g/mol. The summed E-state index contributed by atoms with van der Waals surface area (Å²) in [6.07, 6.45) is 0.0739. The van der Waals surface area contributed by atoms with Crippen molar-refractivity contribution in [2.45, 2.75) is 39.0 Å². The van der Waals surface area contributed by atoms with Crippen molar-refractivity contribution < 1.29 is 9.13 Å². The fourth-order valence-electron chi connectivity index (χ4n) is 1.47. The van der Waals surface area contributed by atoms with E-state index in [1.165, 1.54) is 0 Å². The Hall–Kier alpha value is -0.150. The lowest BCUT2D eigenvalue weighted by molar-refractivity contribution is -0.0113. The number of ether oxygens (including phenoxy) is 1. The van der Waals surface area contributed by atoms with Gasteiger partial charge in [-0.2, -0.15) is 0 Å². The maximum atomic E-state index is 12.8. The van der Waals surface area contributed by atoms with Crippen molar-refractivity contribution in [3.8, 4) is 0 Å². The van der Waals surface area contributed by atoms with Crippen molar-refractivity contribution in [2.75, 3.05) is 26.2 Å². The summed E-state index contributed by atoms with van der Waals surface area (Å²) < 4.78 is 18.3. The smallest absolute Gasteiger partial charge is 0.114 e. The summed E-state index contributed by atoms with van der Waals surface area (Å²) in [7, 11) is 0. The Balaban J connectivity index is 2.07. The molecule has 1 saturated heterocycles. The zero-order chi connectivity index (χ0) is 9.90. The van der Waals surface area contributed by atoms with Gasteiger partial charge in [0.15, 0.2) is 0 Å². The summed E-state index contributed by atoms with van der Waals surface area (Å²) in [5.74, 6) is 0. The summed E-state index contributed by atoms with van der Waals surface area (Å²) in [6, 6.07) is 0. The van der Waals surface area contributed by atoms with Gasteiger partial charge in [-0.25, -0.2) is 4.39 Å². The maximum Gasteiger partial charge on any atom is 0.114 e. The monoisotopic (exact) mass is 189 g/mol. The lowest BCUT2D eigenvalue weighted by Gasteiger charge is -2.22. The number of rotatable bonds is 3. The molecule has 0 aromatic carbocycles. The molecule has 1 rings (SSSR count). The van der Waals surface area contributed by atoms with E-state index in [1.807, 2.05) is 20.8 Å². The van der Waals surface area contributed by atoms with Crippen LogP contribution in [0.2, 0.25) is 0 Å². The average molecular weight is 189 g/mol. The molecule has 0 unspecified atom stereocenters. The van der Waals surface area contributed by atoms with E-state index in [1.54, 1.807) is 0 Å². The van der Waals surface area contributed by atoms with Crippen LogP contribution in [0, 0.1) is 0 Å². The Labute approximate surface area is 80.1 Å². The van der Waals surface area contributed by atoms with E-state index < -0.39 is 6.17 Å². The number of hydrogen-bond donors (Lipinski definition) is 0. The molecule has 0 spiro atoms. The van der Waals surface area contributed by atoms with E-state index in [4.69, 9.17) is 4.74 Å². The molecule has 2 nitrogen and oxygen atoms in total. The van der Waals surface area contributed by atoms with Gasteiger partial charge >= 0.3 is 0 Å². The molecule has 0 aliphatic carbocycles. The fourth-order valence-corrected chi connectivity index (χ4v) is 1.47. The number of nitrogens with zero attached hydrogens (tertiary/aromatic N) is 1. The molecule has 0 amide bonds. The van der Waals surface area contributed by atoms with E-state index in [9.17, 15) is 4.39 Å². The second-order valence-electron chi connectivity index (χ2n) is 4.65. The Morgan fingerprint density at radius 2 is 2.15 bits per heavy atom. The lowest BCUT2D eigenvalue weighted by Crippen LogP contribution is -2.29. The molecule has 1 aliphatic heterocycles. The number of alkyl halides is 1. The van der Waals surface area contributed by atoms with Crippen LogP contribution in [0.15, 0.2) is 0 Å². The molecule has 1 atom stereocenters. The first-order valence-corrected chi connectivity index (χ1v) is 4.98. The molecular formula is C10H20FNO. The van der Waals surface area contributed by atoms with Gasteiger partial charge < -0.3 is 4.74 Å². The van der Waals surface area contributed by atoms with Crippen LogP contribution in [-0.4, -0.2) is 42.9 Å². The van der Waals surface area contributed by atoms with Gasteiger partial charge in [-0.1, -0.05) is 0 Å². The molecule has 1 aliphatic rings. The molecule has 0 N–H and O–H groups in total. The minimum atomic E-state index is -0.616. The van der Waals surface area contributed by atoms with E-state index in [2.05, 4.69) is 4.90 Å². The third-order valence-corrected chi connectivity index (χ3v) is 2.16. The summed E-state index contributed by atoms with van der Waals surface area (Å²) in [5.41, 5.74) is -0.0746. The predicted octanol–water partition coefficient (Wildman–Crippen LogP) is 1.85. The molecule has 1 heterocycles. The molecule has 3 heteroatoms. The van der Waals surface area contributed by atoms with Gasteiger partial charge in [0.25, 0.3) is 0 Å². The van der Waals surface area contributed by atoms with Crippen molar-refractivity contribution in [2.24, 2.45) is 0 Å². The van der Waals surface area contributed by atoms with Crippen LogP contribution in [0.4, 0.5) is 4.39 Å². The molecule has 13 heavy (non-hydrogen) atoms. The van der Waals surface area contributed by atoms with Crippen LogP contribution in [0.3, 0.4) is 0 Å². The number of likely N-dealkylation sites (tertiary alicyclic amines) is 1. The van der Waals surface area contributed by atoms with Gasteiger partial charge in [-0.15, -0.1) is 0 Å². The summed E-state index contributed by atoms with van der Waals surface area (Å²) >= 11 is 0. The minimum absolute atomic E-state index is 0.0746. The van der Waals surface area contributed by atoms with Crippen LogP contribution in [-0.2, 0) is 4.74 Å². The maximum absolute atomic E-state index is 12.8. The van der Waals surface area contributed by atoms with Crippen LogP contribution in [0.25, 0.3) is 0 Å². The zero-order valence-corrected chi connectivity index (χ0v) is 8.85. The van der Waals surface area contributed by atoms with Gasteiger partial charge in [0.05, 0.1) is 12.2 Å². The van der Waals surface area contributed by atoms with Crippen molar-refractivity contribution in [3.05, 3.63) is 0 Å². The van der Waals surface area contributed by atoms with Crippen molar-refractivity contribution in [1.29, 1.82) is 0 Å². The van der Waals surface area contributed by atoms with E-state index in [0.29, 0.717) is 19.6 Å². The Morgan fingerprint density at radius 3 is 2.62 bits per heavy atom. The normalized spacial score (nSPS) is 25.4. The van der Waals surface area contributed by atoms with Crippen LogP contribution >= 0.6 is 0 Å². The highest BCUT2D eigenvalue weighted by atomic mass is 19.1. The summed E-state index contributed by atoms with van der Waals surface area (Å²) in [6.45, 7) is 9.15. The Kier molecular flexibility index (Phi) is 3.68. The molecule has 78 valence electrons. The van der Waals surface area contributed by atoms with Gasteiger partial charge in [0, 0.05) is 19.6 Å². The zero-order valence-electron chi connectivity index (χ0n) is 8.85. The highest BCUT2D eigenvalue weighted by Gasteiger charge is 2.21. The quantitative estimate of drug-likeness (QED) is 0.671. The van der Waals surface area contributed by atoms with Gasteiger partial charge in [0.2, 0.25) is 0 Å². The highest BCUT2D eigenvalue weighted by Crippen LogP contribution is 2.12. The van der Waals surface area contributed by atoms with Crippen LogP contribution < -0.4 is 0 Å². The molecule has 0 radical (unpaired) electrons. The van der Waals surface area contributed by atoms with E-state index in [-0.39, 0.29) is 5.60 Å². The third kappa shape index (κ3) is 4.58. The lowest BCUT2D eigenvalue weighted by atomic mass is 10.2. The summed E-state index contributed by atoms with van der Waals surface area (Å²) in [5, 5.41) is 0. The highest BCUT2D eigenvalue weighted by molar-refractivity contribution is 4.74. The van der Waals surface area contributed by atoms with E-state index >= 15 is 0 Å². The van der Waals surface area contributed by atoms with Crippen molar-refractivity contribution in [1.82, 2.24) is 4.90 Å². The van der Waals surface area contributed by atoms with Crippen molar-refractivity contribution >= 4 is 0 Å². The Bertz CT molecular complexity index is 155. The minimum Gasteiger partial charge on any atom is -0.375 e. The molecule has 1 fully saturated rings. The first-order valence-electron chi connectivity index (χ1n) is 4.98.